The molecule has 0 bridgehead atoms. The predicted octanol–water partition coefficient (Wildman–Crippen LogP) is 6.48. The van der Waals surface area contributed by atoms with Crippen molar-refractivity contribution in [2.75, 3.05) is 25.0 Å². The van der Waals surface area contributed by atoms with Gasteiger partial charge in [-0.1, -0.05) is 35.3 Å². The van der Waals surface area contributed by atoms with Crippen LogP contribution in [0.25, 0.3) is 11.1 Å². The summed E-state index contributed by atoms with van der Waals surface area (Å²) in [4.78, 5) is 47.6. The Morgan fingerprint density at radius 1 is 1.16 bits per heavy atom. The van der Waals surface area contributed by atoms with Crippen LogP contribution in [0.5, 0.6) is 0 Å². The Labute approximate surface area is 261 Å². The van der Waals surface area contributed by atoms with Gasteiger partial charge in [-0.05, 0) is 70.9 Å². The lowest BCUT2D eigenvalue weighted by atomic mass is 10.1. The first-order valence-corrected chi connectivity index (χ1v) is 14.9. The van der Waals surface area contributed by atoms with Crippen LogP contribution in [0.4, 0.5) is 10.6 Å². The summed E-state index contributed by atoms with van der Waals surface area (Å²) in [5.74, 6) is -0.683. The number of carbonyl (C=O) groups excluding carboxylic acids is 3. The summed E-state index contributed by atoms with van der Waals surface area (Å²) in [5, 5.41) is 7.11. The molecule has 1 aromatic carbocycles. The molecule has 2 aromatic heterocycles. The molecule has 0 radical (unpaired) electrons. The number of rotatable bonds is 9. The highest BCUT2D eigenvalue weighted by molar-refractivity contribution is 6.33. The van der Waals surface area contributed by atoms with Gasteiger partial charge >= 0.3 is 12.1 Å². The molecule has 3 aromatic rings. The minimum Gasteiger partial charge on any atom is -0.463 e. The number of ether oxygens (including phenoxy) is 2. The van der Waals surface area contributed by atoms with Crippen molar-refractivity contribution >= 4 is 47.0 Å². The number of aromatic amines is 1. The molecule has 1 aliphatic rings. The van der Waals surface area contributed by atoms with Crippen LogP contribution in [0.15, 0.2) is 48.8 Å². The number of anilines is 1. The zero-order valence-corrected chi connectivity index (χ0v) is 26.4. The summed E-state index contributed by atoms with van der Waals surface area (Å²) in [7, 11) is 0. The Kier molecular flexibility index (Phi) is 10.2. The van der Waals surface area contributed by atoms with E-state index in [-0.39, 0.29) is 19.2 Å². The number of amides is 2. The number of nitrogens with one attached hydrogen (secondary N) is 3. The minimum absolute atomic E-state index is 0.123. The zero-order chi connectivity index (χ0) is 31.3. The van der Waals surface area contributed by atoms with Crippen molar-refractivity contribution in [3.8, 4) is 11.1 Å². The number of aromatic nitrogens is 2. The Bertz CT molecular complexity index is 1470. The van der Waals surface area contributed by atoms with Gasteiger partial charge in [0.25, 0.3) is 5.91 Å². The van der Waals surface area contributed by atoms with E-state index in [1.165, 1.54) is 4.90 Å². The van der Waals surface area contributed by atoms with Crippen LogP contribution < -0.4 is 10.6 Å². The van der Waals surface area contributed by atoms with Gasteiger partial charge in [0.15, 0.2) is 0 Å². The molecular formula is C31H37Cl2N5O5. The van der Waals surface area contributed by atoms with Crippen molar-refractivity contribution in [2.24, 2.45) is 5.92 Å². The number of hydrogen-bond donors (Lipinski definition) is 3. The number of benzene rings is 1. The van der Waals surface area contributed by atoms with Crippen LogP contribution in [-0.4, -0.2) is 64.2 Å². The van der Waals surface area contributed by atoms with Crippen LogP contribution in [0.3, 0.4) is 0 Å². The highest BCUT2D eigenvalue weighted by Gasteiger charge is 2.35. The Morgan fingerprint density at radius 2 is 1.93 bits per heavy atom. The molecule has 43 heavy (non-hydrogen) atoms. The van der Waals surface area contributed by atoms with Gasteiger partial charge in [0.2, 0.25) is 0 Å². The maximum absolute atomic E-state index is 13.4. The van der Waals surface area contributed by atoms with E-state index in [1.807, 2.05) is 19.9 Å². The minimum atomic E-state index is -0.684. The van der Waals surface area contributed by atoms with E-state index < -0.39 is 35.5 Å². The lowest BCUT2D eigenvalue weighted by Gasteiger charge is -2.24. The molecular weight excluding hydrogens is 593 g/mol. The van der Waals surface area contributed by atoms with Crippen molar-refractivity contribution in [2.45, 2.75) is 58.7 Å². The van der Waals surface area contributed by atoms with Gasteiger partial charge in [0, 0.05) is 47.7 Å². The second-order valence-electron chi connectivity index (χ2n) is 11.8. The molecule has 10 nitrogen and oxygen atoms in total. The summed E-state index contributed by atoms with van der Waals surface area (Å²) in [5.41, 5.74) is 1.77. The Hall–Kier alpha value is -3.76. The van der Waals surface area contributed by atoms with E-state index in [4.69, 9.17) is 32.7 Å². The summed E-state index contributed by atoms with van der Waals surface area (Å²) in [6.07, 6.45) is 3.26. The molecule has 2 amide bonds. The van der Waals surface area contributed by atoms with E-state index in [2.05, 4.69) is 20.6 Å². The van der Waals surface area contributed by atoms with Crippen LogP contribution in [0, 0.1) is 5.92 Å². The molecule has 3 N–H and O–H groups in total. The van der Waals surface area contributed by atoms with E-state index in [1.54, 1.807) is 63.5 Å². The van der Waals surface area contributed by atoms with Crippen molar-refractivity contribution < 1.29 is 23.9 Å². The fourth-order valence-electron chi connectivity index (χ4n) is 4.62. The highest BCUT2D eigenvalue weighted by Crippen LogP contribution is 2.30. The van der Waals surface area contributed by atoms with E-state index >= 15 is 0 Å². The number of pyridine rings is 1. The third-order valence-electron chi connectivity index (χ3n) is 6.65. The van der Waals surface area contributed by atoms with Crippen molar-refractivity contribution in [3.05, 3.63) is 70.1 Å². The molecule has 0 saturated carbocycles. The number of nitrogens with zero attached hydrogens (tertiary/aromatic N) is 2. The van der Waals surface area contributed by atoms with Crippen LogP contribution in [0.2, 0.25) is 10.0 Å². The molecule has 3 heterocycles. The monoisotopic (exact) mass is 629 g/mol. The van der Waals surface area contributed by atoms with E-state index in [0.29, 0.717) is 51.2 Å². The SMILES string of the molecule is CC(C)Nc1cc(-c2c[nH]c(C(=O)NC(COC(=O)[C@H]3CCN(C(=O)OC(C)(C)C)C3)c3cccc(Cl)c3)c2)c(Cl)cn1. The van der Waals surface area contributed by atoms with Crippen LogP contribution in [0.1, 0.15) is 63.1 Å². The first-order valence-electron chi connectivity index (χ1n) is 14.1. The molecule has 1 saturated heterocycles. The van der Waals surface area contributed by atoms with Gasteiger partial charge in [-0.15, -0.1) is 0 Å². The fourth-order valence-corrected chi connectivity index (χ4v) is 5.04. The van der Waals surface area contributed by atoms with Gasteiger partial charge in [0.1, 0.15) is 23.7 Å². The second-order valence-corrected chi connectivity index (χ2v) is 12.6. The molecule has 2 atom stereocenters. The van der Waals surface area contributed by atoms with Gasteiger partial charge < -0.3 is 30.0 Å². The maximum atomic E-state index is 13.4. The van der Waals surface area contributed by atoms with E-state index in [9.17, 15) is 14.4 Å². The maximum Gasteiger partial charge on any atom is 0.410 e. The average molecular weight is 631 g/mol. The summed E-state index contributed by atoms with van der Waals surface area (Å²) < 4.78 is 11.1. The first-order chi connectivity index (χ1) is 20.3. The Morgan fingerprint density at radius 3 is 2.63 bits per heavy atom. The first kappa shape index (κ1) is 32.2. The molecule has 0 aliphatic carbocycles. The standard InChI is InChI=1S/C31H37Cl2N5O5/c1-18(2)36-27-13-23(24(33)15-35-27)21-12-25(34-14-21)28(39)37-26(19-7-6-8-22(32)11-19)17-42-29(40)20-9-10-38(16-20)30(41)43-31(3,4)5/h6-8,11-15,18,20,26,34H,9-10,16-17H2,1-5H3,(H,35,36)(H,37,39)/t20-,26?/m0/s1. The predicted molar refractivity (Wildman–Crippen MR) is 166 cm³/mol. The fraction of sp³-hybridized carbons (Fsp3) is 0.419. The number of likely N-dealkylation sites (tertiary alicyclic amines) is 1. The molecule has 1 fully saturated rings. The van der Waals surface area contributed by atoms with Crippen LogP contribution >= 0.6 is 23.2 Å². The average Bonchev–Trinajstić information content (AvgIpc) is 3.61. The Balaban J connectivity index is 1.44. The molecule has 230 valence electrons. The lowest BCUT2D eigenvalue weighted by molar-refractivity contribution is -0.148. The third kappa shape index (κ3) is 8.87. The number of carbonyl (C=O) groups is 3. The van der Waals surface area contributed by atoms with Gasteiger partial charge in [0.05, 0.1) is 17.0 Å². The molecule has 1 unspecified atom stereocenters. The van der Waals surface area contributed by atoms with Gasteiger partial charge in [-0.25, -0.2) is 9.78 Å². The van der Waals surface area contributed by atoms with E-state index in [0.717, 1.165) is 0 Å². The summed E-state index contributed by atoms with van der Waals surface area (Å²) in [6.45, 7) is 9.88. The third-order valence-corrected chi connectivity index (χ3v) is 7.19. The largest absolute Gasteiger partial charge is 0.463 e. The quantitative estimate of drug-likeness (QED) is 0.231. The smallest absolute Gasteiger partial charge is 0.410 e. The molecule has 4 rings (SSSR count). The van der Waals surface area contributed by atoms with Gasteiger partial charge in [-0.3, -0.25) is 9.59 Å². The second kappa shape index (κ2) is 13.7. The number of halogens is 2. The topological polar surface area (TPSA) is 126 Å². The van der Waals surface area contributed by atoms with Gasteiger partial charge in [-0.2, -0.15) is 0 Å². The molecule has 12 heteroatoms. The number of esters is 1. The zero-order valence-electron chi connectivity index (χ0n) is 24.9. The highest BCUT2D eigenvalue weighted by atomic mass is 35.5. The van der Waals surface area contributed by atoms with Crippen LogP contribution in [-0.2, 0) is 14.3 Å². The van der Waals surface area contributed by atoms with Crippen molar-refractivity contribution in [3.63, 3.8) is 0 Å². The molecule has 0 spiro atoms. The summed E-state index contributed by atoms with van der Waals surface area (Å²) >= 11 is 12.7. The van der Waals surface area contributed by atoms with Crippen molar-refractivity contribution in [1.82, 2.24) is 20.2 Å². The number of hydrogen-bond acceptors (Lipinski definition) is 7. The van der Waals surface area contributed by atoms with Crippen molar-refractivity contribution in [1.29, 1.82) is 0 Å². The summed E-state index contributed by atoms with van der Waals surface area (Å²) in [6, 6.07) is 10.0. The lowest BCUT2D eigenvalue weighted by Crippen LogP contribution is -2.36. The normalized spacial score (nSPS) is 15.7. The molecule has 1 aliphatic heterocycles. The number of H-pyrrole nitrogens is 1.